The molecule has 0 amide bonds. The van der Waals surface area contributed by atoms with Gasteiger partial charge in [0.1, 0.15) is 0 Å². The molecule has 1 rings (SSSR count). The van der Waals surface area contributed by atoms with Crippen LogP contribution >= 0.6 is 28.3 Å². The highest BCUT2D eigenvalue weighted by atomic mass is 79.9. The van der Waals surface area contributed by atoms with Crippen molar-refractivity contribution < 1.29 is 4.74 Å². The van der Waals surface area contributed by atoms with E-state index < -0.39 is 0 Å². The van der Waals surface area contributed by atoms with Gasteiger partial charge >= 0.3 is 0 Å². The molecule has 98 valence electrons. The third-order valence-electron chi connectivity index (χ3n) is 1.89. The van der Waals surface area contributed by atoms with E-state index in [-0.39, 0.29) is 17.0 Å². The van der Waals surface area contributed by atoms with E-state index in [0.717, 1.165) is 23.7 Å². The number of hydrogen-bond acceptors (Lipinski definition) is 4. The Morgan fingerprint density at radius 2 is 2.41 bits per heavy atom. The van der Waals surface area contributed by atoms with Gasteiger partial charge in [0.2, 0.25) is 0 Å². The second-order valence-corrected chi connectivity index (χ2v) is 4.26. The molecule has 0 radical (unpaired) electrons. The van der Waals surface area contributed by atoms with Crippen molar-refractivity contribution in [2.45, 2.75) is 13.3 Å². The summed E-state index contributed by atoms with van der Waals surface area (Å²) in [6, 6.07) is 0. The second kappa shape index (κ2) is 9.38. The summed E-state index contributed by atoms with van der Waals surface area (Å²) in [6.07, 6.45) is 0.874. The molecule has 5 nitrogen and oxygen atoms in total. The van der Waals surface area contributed by atoms with Crippen LogP contribution in [-0.4, -0.2) is 37.7 Å². The summed E-state index contributed by atoms with van der Waals surface area (Å²) in [5, 5.41) is 6.21. The van der Waals surface area contributed by atoms with Crippen molar-refractivity contribution in [1.82, 2.24) is 10.3 Å². The minimum atomic E-state index is 0. The summed E-state index contributed by atoms with van der Waals surface area (Å²) in [4.78, 5) is 8.45. The Balaban J connectivity index is 0.00000256. The Morgan fingerprint density at radius 3 is 3.00 bits per heavy atom. The lowest BCUT2D eigenvalue weighted by atomic mass is 10.4. The van der Waals surface area contributed by atoms with Crippen molar-refractivity contribution in [2.75, 3.05) is 26.8 Å². The monoisotopic (exact) mass is 322 g/mol. The number of hydrogen-bond donors (Lipinski definition) is 2. The Bertz CT molecular complexity index is 343. The summed E-state index contributed by atoms with van der Waals surface area (Å²) in [7, 11) is 1.64. The van der Waals surface area contributed by atoms with Gasteiger partial charge in [-0.3, -0.25) is 4.99 Å². The minimum absolute atomic E-state index is 0. The normalized spacial score (nSPS) is 11.1. The third-order valence-corrected chi connectivity index (χ3v) is 2.92. The fourth-order valence-corrected chi connectivity index (χ4v) is 1.90. The molecule has 0 fully saturated rings. The first-order chi connectivity index (χ1) is 7.72. The van der Waals surface area contributed by atoms with E-state index in [1.165, 1.54) is 0 Å². The molecule has 0 unspecified atom stereocenters. The summed E-state index contributed by atoms with van der Waals surface area (Å²) in [5.41, 5.74) is 6.72. The molecule has 1 aromatic heterocycles. The predicted octanol–water partition coefficient (Wildman–Crippen LogP) is 1.12. The number of halogens is 1. The number of nitrogens with one attached hydrogen (secondary N) is 1. The number of nitrogens with zero attached hydrogens (tertiary/aromatic N) is 2. The quantitative estimate of drug-likeness (QED) is 0.467. The first-order valence-electron chi connectivity index (χ1n) is 5.16. The van der Waals surface area contributed by atoms with Gasteiger partial charge < -0.3 is 15.8 Å². The van der Waals surface area contributed by atoms with E-state index in [0.29, 0.717) is 19.1 Å². The number of ether oxygens (including phenoxy) is 1. The summed E-state index contributed by atoms with van der Waals surface area (Å²) < 4.78 is 4.87. The van der Waals surface area contributed by atoms with Crippen molar-refractivity contribution in [3.8, 4) is 0 Å². The molecule has 1 aromatic rings. The van der Waals surface area contributed by atoms with Gasteiger partial charge in [-0.05, 0) is 6.92 Å². The maximum absolute atomic E-state index is 5.65. The zero-order chi connectivity index (χ0) is 11.8. The predicted molar refractivity (Wildman–Crippen MR) is 77.2 cm³/mol. The van der Waals surface area contributed by atoms with Gasteiger partial charge in [-0.15, -0.1) is 28.3 Å². The van der Waals surface area contributed by atoms with Crippen molar-refractivity contribution in [1.29, 1.82) is 0 Å². The maximum Gasteiger partial charge on any atom is 0.188 e. The molecular formula is C10H19BrN4OS. The van der Waals surface area contributed by atoms with Crippen molar-refractivity contribution in [2.24, 2.45) is 10.7 Å². The van der Waals surface area contributed by atoms with Gasteiger partial charge in [0.25, 0.3) is 0 Å². The summed E-state index contributed by atoms with van der Waals surface area (Å²) in [6.45, 7) is 3.93. The van der Waals surface area contributed by atoms with Crippen molar-refractivity contribution in [3.63, 3.8) is 0 Å². The fraction of sp³-hybridized carbons (Fsp3) is 0.600. The molecule has 0 aromatic carbocycles. The van der Waals surface area contributed by atoms with Gasteiger partial charge in [-0.2, -0.15) is 0 Å². The molecule has 0 atom stereocenters. The third kappa shape index (κ3) is 7.30. The van der Waals surface area contributed by atoms with E-state index in [2.05, 4.69) is 15.3 Å². The molecule has 0 aliphatic carbocycles. The number of aliphatic imine (C=N–C) groups is 1. The van der Waals surface area contributed by atoms with E-state index in [1.54, 1.807) is 18.4 Å². The number of aryl methyl sites for hydroxylation is 1. The van der Waals surface area contributed by atoms with Gasteiger partial charge in [0.05, 0.1) is 18.2 Å². The largest absolute Gasteiger partial charge is 0.383 e. The standard InChI is InChI=1S/C10H18N4OS.BrH/c1-8-7-16-9(14-8)3-4-12-10(11)13-5-6-15-2;/h7H,3-6H2,1-2H3,(H3,11,12,13);1H. The maximum atomic E-state index is 5.65. The van der Waals surface area contributed by atoms with Gasteiger partial charge in [-0.25, -0.2) is 4.98 Å². The lowest BCUT2D eigenvalue weighted by Gasteiger charge is -2.03. The average molecular weight is 323 g/mol. The Morgan fingerprint density at radius 1 is 1.65 bits per heavy atom. The molecule has 3 N–H and O–H groups in total. The Kier molecular flexibility index (Phi) is 9.01. The zero-order valence-corrected chi connectivity index (χ0v) is 12.6. The van der Waals surface area contributed by atoms with Crippen LogP contribution in [0.2, 0.25) is 0 Å². The molecular weight excluding hydrogens is 304 g/mol. The van der Waals surface area contributed by atoms with Crippen LogP contribution in [0, 0.1) is 6.92 Å². The van der Waals surface area contributed by atoms with Crippen LogP contribution in [0.25, 0.3) is 0 Å². The average Bonchev–Trinajstić information content (AvgIpc) is 2.65. The number of methoxy groups -OCH3 is 1. The number of guanidine groups is 1. The zero-order valence-electron chi connectivity index (χ0n) is 10.1. The highest BCUT2D eigenvalue weighted by Crippen LogP contribution is 2.08. The van der Waals surface area contributed by atoms with Crippen LogP contribution in [0.15, 0.2) is 10.4 Å². The number of nitrogens with two attached hydrogens (primary N) is 1. The lowest BCUT2D eigenvalue weighted by molar-refractivity contribution is 0.208. The molecule has 0 aliphatic heterocycles. The number of thiazole rings is 1. The van der Waals surface area contributed by atoms with Crippen LogP contribution in [0.4, 0.5) is 0 Å². The van der Waals surface area contributed by atoms with Crippen LogP contribution in [0.5, 0.6) is 0 Å². The topological polar surface area (TPSA) is 72.5 Å². The molecule has 0 aliphatic rings. The molecule has 0 saturated carbocycles. The van der Waals surface area contributed by atoms with E-state index in [9.17, 15) is 0 Å². The Labute approximate surface area is 116 Å². The Hall–Kier alpha value is -0.660. The molecule has 7 heteroatoms. The van der Waals surface area contributed by atoms with Crippen molar-refractivity contribution in [3.05, 3.63) is 16.1 Å². The van der Waals surface area contributed by atoms with E-state index in [1.807, 2.05) is 12.3 Å². The molecule has 0 bridgehead atoms. The van der Waals surface area contributed by atoms with Gasteiger partial charge in [0.15, 0.2) is 5.96 Å². The number of aromatic nitrogens is 1. The smallest absolute Gasteiger partial charge is 0.188 e. The SMILES string of the molecule is Br.COCCN=C(N)NCCc1nc(C)cs1. The van der Waals surface area contributed by atoms with Crippen LogP contribution in [0.1, 0.15) is 10.7 Å². The molecule has 0 spiro atoms. The fourth-order valence-electron chi connectivity index (χ4n) is 1.13. The minimum Gasteiger partial charge on any atom is -0.383 e. The van der Waals surface area contributed by atoms with E-state index >= 15 is 0 Å². The second-order valence-electron chi connectivity index (χ2n) is 3.32. The van der Waals surface area contributed by atoms with Gasteiger partial charge in [0, 0.05) is 31.1 Å². The summed E-state index contributed by atoms with van der Waals surface area (Å²) in [5.74, 6) is 0.463. The van der Waals surface area contributed by atoms with E-state index in [4.69, 9.17) is 10.5 Å². The van der Waals surface area contributed by atoms with Crippen LogP contribution in [0.3, 0.4) is 0 Å². The highest BCUT2D eigenvalue weighted by molar-refractivity contribution is 8.93. The molecule has 17 heavy (non-hydrogen) atoms. The highest BCUT2D eigenvalue weighted by Gasteiger charge is 1.98. The summed E-state index contributed by atoms with van der Waals surface area (Å²) >= 11 is 1.67. The van der Waals surface area contributed by atoms with Crippen LogP contribution < -0.4 is 11.1 Å². The van der Waals surface area contributed by atoms with Gasteiger partial charge in [-0.1, -0.05) is 0 Å². The molecule has 0 saturated heterocycles. The lowest BCUT2D eigenvalue weighted by Crippen LogP contribution is -2.33. The first kappa shape index (κ1) is 16.3. The number of rotatable bonds is 6. The first-order valence-corrected chi connectivity index (χ1v) is 6.04. The van der Waals surface area contributed by atoms with Crippen molar-refractivity contribution >= 4 is 34.3 Å². The van der Waals surface area contributed by atoms with Crippen LogP contribution in [-0.2, 0) is 11.2 Å². The molecule has 1 heterocycles.